The van der Waals surface area contributed by atoms with Crippen LogP contribution in [0, 0.1) is 0 Å². The fraction of sp³-hybridized carbons (Fsp3) is 0.242. The lowest BCUT2D eigenvalue weighted by Gasteiger charge is -2.47. The summed E-state index contributed by atoms with van der Waals surface area (Å²) < 4.78 is 1.31. The van der Waals surface area contributed by atoms with Crippen LogP contribution in [0.1, 0.15) is 104 Å². The third-order valence-corrected chi connectivity index (χ3v) is 17.2. The van der Waals surface area contributed by atoms with Gasteiger partial charge in [-0.1, -0.05) is 178 Å². The molecule has 0 spiro atoms. The number of hydrogen-bond donors (Lipinski definition) is 0. The summed E-state index contributed by atoms with van der Waals surface area (Å²) in [5.41, 5.74) is 21.5. The summed E-state index contributed by atoms with van der Waals surface area (Å²) in [4.78, 5) is 7.77. The molecule has 352 valence electrons. The van der Waals surface area contributed by atoms with Crippen molar-refractivity contribution in [3.63, 3.8) is 0 Å². The molecule has 1 aromatic heterocycles. The Bertz CT molecular complexity index is 3460. The normalized spacial score (nSPS) is 15.5. The molecular weight excluding hydrogens is 878 g/mol. The van der Waals surface area contributed by atoms with Crippen LogP contribution in [-0.2, 0) is 21.7 Å². The van der Waals surface area contributed by atoms with Crippen LogP contribution in [-0.4, -0.2) is 6.71 Å². The zero-order chi connectivity index (χ0) is 49.2. The zero-order valence-electron chi connectivity index (χ0n) is 43.1. The van der Waals surface area contributed by atoms with Gasteiger partial charge < -0.3 is 14.7 Å². The van der Waals surface area contributed by atoms with E-state index in [2.05, 4.69) is 266 Å². The van der Waals surface area contributed by atoms with E-state index in [1.54, 1.807) is 0 Å². The van der Waals surface area contributed by atoms with Crippen molar-refractivity contribution >= 4 is 95.0 Å². The van der Waals surface area contributed by atoms with E-state index in [1.807, 2.05) is 11.3 Å². The molecule has 3 heterocycles. The van der Waals surface area contributed by atoms with Crippen LogP contribution in [0.2, 0.25) is 0 Å². The van der Waals surface area contributed by atoms with Crippen molar-refractivity contribution in [2.75, 3.05) is 14.7 Å². The second kappa shape index (κ2) is 16.4. The first-order chi connectivity index (χ1) is 34.0. The molecule has 0 saturated carbocycles. The molecule has 0 amide bonds. The summed E-state index contributed by atoms with van der Waals surface area (Å²) in [6.07, 6.45) is 2.29. The van der Waals surface area contributed by atoms with Crippen LogP contribution >= 0.6 is 11.3 Å². The molecule has 5 heteroatoms. The van der Waals surface area contributed by atoms with Gasteiger partial charge >= 0.3 is 0 Å². The Morgan fingerprint density at radius 3 is 1.62 bits per heavy atom. The van der Waals surface area contributed by atoms with E-state index in [-0.39, 0.29) is 28.4 Å². The first kappa shape index (κ1) is 45.3. The Morgan fingerprint density at radius 2 is 1.01 bits per heavy atom. The van der Waals surface area contributed by atoms with Crippen molar-refractivity contribution in [2.45, 2.75) is 104 Å². The van der Waals surface area contributed by atoms with Crippen LogP contribution < -0.4 is 31.1 Å². The zero-order valence-corrected chi connectivity index (χ0v) is 43.9. The number of anilines is 9. The van der Waals surface area contributed by atoms with E-state index in [0.717, 1.165) is 29.9 Å². The average Bonchev–Trinajstić information content (AvgIpc) is 3.74. The van der Waals surface area contributed by atoms with Crippen molar-refractivity contribution in [1.82, 2.24) is 0 Å². The highest BCUT2D eigenvalue weighted by Gasteiger charge is 2.48. The molecule has 0 fully saturated rings. The number of nitrogens with zero attached hydrogens (tertiary/aromatic N) is 3. The standard InChI is InChI=1S/C66H64BN3S/c1-63(2,3)44-30-33-48(34-31-44)69-57-39-49(68(46-24-16-12-17-25-46)47-26-18-13-19-27-47)40-58-61(57)67(60-50-28-20-21-29-59(50)71-62(60)69)54-41-52-53(66(9,10)37-36-65(52,7)8)42-56(54)70(58)55-35-32-45(64(4,5)6)38-51(55)43-22-14-11-15-23-43/h11-35,38-42H,36-37H2,1-10H3. The molecule has 1 aliphatic carbocycles. The molecule has 0 bridgehead atoms. The second-order valence-corrected chi connectivity index (χ2v) is 24.7. The van der Waals surface area contributed by atoms with E-state index in [0.29, 0.717) is 0 Å². The van der Waals surface area contributed by atoms with Gasteiger partial charge in [0.05, 0.1) is 16.4 Å². The molecule has 3 aliphatic rings. The molecular formula is C66H64BN3S. The van der Waals surface area contributed by atoms with E-state index < -0.39 is 0 Å². The molecule has 71 heavy (non-hydrogen) atoms. The van der Waals surface area contributed by atoms with Crippen molar-refractivity contribution in [3.05, 3.63) is 204 Å². The first-order valence-corrected chi connectivity index (χ1v) is 26.5. The minimum atomic E-state index is -0.0496. The van der Waals surface area contributed by atoms with Crippen LogP contribution in [0.15, 0.2) is 182 Å². The highest BCUT2D eigenvalue weighted by molar-refractivity contribution is 7.26. The average molecular weight is 942 g/mol. The van der Waals surface area contributed by atoms with E-state index in [4.69, 9.17) is 0 Å². The minimum Gasteiger partial charge on any atom is -0.311 e. The van der Waals surface area contributed by atoms with Crippen molar-refractivity contribution in [3.8, 4) is 11.1 Å². The molecule has 3 nitrogen and oxygen atoms in total. The number of fused-ring (bicyclic) bond motifs is 7. The highest BCUT2D eigenvalue weighted by Crippen LogP contribution is 2.54. The van der Waals surface area contributed by atoms with Crippen LogP contribution in [0.25, 0.3) is 21.2 Å². The Kier molecular flexibility index (Phi) is 10.4. The van der Waals surface area contributed by atoms with Gasteiger partial charge in [0.1, 0.15) is 0 Å². The van der Waals surface area contributed by atoms with Gasteiger partial charge in [-0.2, -0.15) is 0 Å². The predicted molar refractivity (Wildman–Crippen MR) is 309 cm³/mol. The third-order valence-electron chi connectivity index (χ3n) is 16.0. The van der Waals surface area contributed by atoms with Gasteiger partial charge in [0.2, 0.25) is 0 Å². The number of thiophene rings is 1. The quantitative estimate of drug-likeness (QED) is 0.154. The maximum absolute atomic E-state index is 2.69. The summed E-state index contributed by atoms with van der Waals surface area (Å²) in [6, 6.07) is 69.3. The predicted octanol–water partition coefficient (Wildman–Crippen LogP) is 17.1. The smallest absolute Gasteiger partial charge is 0.254 e. The largest absolute Gasteiger partial charge is 0.311 e. The van der Waals surface area contributed by atoms with Crippen molar-refractivity contribution < 1.29 is 0 Å². The maximum atomic E-state index is 2.69. The lowest BCUT2D eigenvalue weighted by molar-refractivity contribution is 0.332. The van der Waals surface area contributed by atoms with Crippen LogP contribution in [0.5, 0.6) is 0 Å². The summed E-state index contributed by atoms with van der Waals surface area (Å²) in [7, 11) is 0. The molecule has 0 saturated heterocycles. The number of rotatable bonds is 6. The Morgan fingerprint density at radius 1 is 0.479 bits per heavy atom. The lowest BCUT2D eigenvalue weighted by atomic mass is 9.33. The molecule has 0 N–H and O–H groups in total. The molecule has 0 radical (unpaired) electrons. The van der Waals surface area contributed by atoms with E-state index in [1.165, 1.54) is 93.3 Å². The number of para-hydroxylation sites is 2. The van der Waals surface area contributed by atoms with Gasteiger partial charge in [-0.3, -0.25) is 0 Å². The van der Waals surface area contributed by atoms with Crippen LogP contribution in [0.3, 0.4) is 0 Å². The van der Waals surface area contributed by atoms with Gasteiger partial charge in [-0.15, -0.1) is 11.3 Å². The molecule has 0 unspecified atom stereocenters. The Labute approximate surface area is 426 Å². The van der Waals surface area contributed by atoms with Crippen LogP contribution in [0.4, 0.5) is 50.5 Å². The second-order valence-electron chi connectivity index (χ2n) is 23.7. The fourth-order valence-electron chi connectivity index (χ4n) is 11.9. The summed E-state index contributed by atoms with van der Waals surface area (Å²) >= 11 is 1.93. The monoisotopic (exact) mass is 941 g/mol. The molecule has 0 atom stereocenters. The first-order valence-electron chi connectivity index (χ1n) is 25.7. The van der Waals surface area contributed by atoms with Gasteiger partial charge in [0.25, 0.3) is 6.71 Å². The summed E-state index contributed by atoms with van der Waals surface area (Å²) in [5, 5.41) is 2.62. The third kappa shape index (κ3) is 7.45. The Balaban J connectivity index is 1.27. The van der Waals surface area contributed by atoms with E-state index >= 15 is 0 Å². The van der Waals surface area contributed by atoms with Crippen molar-refractivity contribution in [2.24, 2.45) is 0 Å². The van der Waals surface area contributed by atoms with Crippen molar-refractivity contribution in [1.29, 1.82) is 0 Å². The molecule has 2 aliphatic heterocycles. The lowest BCUT2D eigenvalue weighted by Crippen LogP contribution is -2.61. The van der Waals surface area contributed by atoms with E-state index in [9.17, 15) is 0 Å². The fourth-order valence-corrected chi connectivity index (χ4v) is 13.2. The SMILES string of the molecule is CC(C)(C)c1ccc(N2c3cc(N(c4ccccc4)c4ccccc4)cc4c3B(c3cc5c(cc3N4c3ccc(C(C)(C)C)cc3-c3ccccc3)C(C)(C)CCC5(C)C)c3c2sc2ccccc32)cc1. The van der Waals surface area contributed by atoms with Gasteiger partial charge in [0, 0.05) is 44.4 Å². The summed E-state index contributed by atoms with van der Waals surface area (Å²) in [6.45, 7) is 23.8. The number of hydrogen-bond acceptors (Lipinski definition) is 4. The molecule has 12 rings (SSSR count). The maximum Gasteiger partial charge on any atom is 0.254 e. The van der Waals surface area contributed by atoms with Gasteiger partial charge in [0.15, 0.2) is 0 Å². The van der Waals surface area contributed by atoms with Gasteiger partial charge in [-0.05, 0) is 157 Å². The highest BCUT2D eigenvalue weighted by atomic mass is 32.1. The Hall–Kier alpha value is -6.82. The van der Waals surface area contributed by atoms with Gasteiger partial charge in [-0.25, -0.2) is 0 Å². The topological polar surface area (TPSA) is 9.72 Å². The molecule has 9 aromatic rings. The molecule has 8 aromatic carbocycles. The minimum absolute atomic E-state index is 0.00255. The summed E-state index contributed by atoms with van der Waals surface area (Å²) in [5.74, 6) is 0. The number of benzene rings is 8.